The maximum absolute atomic E-state index is 12.4. The van der Waals surface area contributed by atoms with Crippen LogP contribution in [0, 0.1) is 6.92 Å². The lowest BCUT2D eigenvalue weighted by atomic mass is 9.96. The van der Waals surface area contributed by atoms with Crippen LogP contribution < -0.4 is 11.2 Å². The van der Waals surface area contributed by atoms with Crippen molar-refractivity contribution < 1.29 is 26.8 Å². The van der Waals surface area contributed by atoms with Crippen LogP contribution in [0.5, 0.6) is 0 Å². The first-order valence-electron chi connectivity index (χ1n) is 9.37. The Hall–Kier alpha value is -2.31. The van der Waals surface area contributed by atoms with Crippen molar-refractivity contribution in [1.29, 1.82) is 0 Å². The minimum atomic E-state index is -3.89. The van der Waals surface area contributed by atoms with Crippen molar-refractivity contribution >= 4 is 10.1 Å². The Morgan fingerprint density at radius 3 is 2.57 bits per heavy atom. The van der Waals surface area contributed by atoms with Crippen LogP contribution in [-0.2, 0) is 28.5 Å². The van der Waals surface area contributed by atoms with Gasteiger partial charge in [-0.05, 0) is 6.92 Å². The fraction of sp³-hybridized carbons (Fsp3) is 0.474. The molecule has 2 aromatic rings. The highest BCUT2D eigenvalue weighted by Gasteiger charge is 2.48. The molecule has 4 rings (SSSR count). The fourth-order valence-corrected chi connectivity index (χ4v) is 4.33. The molecule has 2 aliphatic heterocycles. The number of benzene rings is 1. The van der Waals surface area contributed by atoms with Gasteiger partial charge < -0.3 is 14.2 Å². The molecule has 2 fully saturated rings. The molecule has 1 aromatic carbocycles. The van der Waals surface area contributed by atoms with Crippen molar-refractivity contribution in [2.24, 2.45) is 0 Å². The molecular weight excluding hydrogens is 416 g/mol. The van der Waals surface area contributed by atoms with Gasteiger partial charge in [0.15, 0.2) is 6.29 Å². The number of H-pyrrole nitrogens is 1. The van der Waals surface area contributed by atoms with Gasteiger partial charge in [0.2, 0.25) is 0 Å². The van der Waals surface area contributed by atoms with Crippen molar-refractivity contribution in [1.82, 2.24) is 9.55 Å². The molecule has 0 bridgehead atoms. The average molecular weight is 438 g/mol. The SMILES string of the molecule is Cc1cn(C2COC3COC(c4ccccc4)OC3C2OS(C)(=O)=O)c(=O)[nH]c1=O. The highest BCUT2D eigenvalue weighted by Crippen LogP contribution is 2.37. The van der Waals surface area contributed by atoms with Gasteiger partial charge in [0.25, 0.3) is 15.7 Å². The van der Waals surface area contributed by atoms with Gasteiger partial charge in [-0.2, -0.15) is 8.42 Å². The lowest BCUT2D eigenvalue weighted by Crippen LogP contribution is -2.59. The van der Waals surface area contributed by atoms with Gasteiger partial charge >= 0.3 is 5.69 Å². The standard InChI is InChI=1S/C19H22N2O8S/c1-11-8-21(19(23)20-17(11)22)13-9-26-14-10-27-18(12-6-4-3-5-7-12)28-16(14)15(13)29-30(2,24)25/h3-8,13-16,18H,9-10H2,1-2H3,(H,20,22,23). The van der Waals surface area contributed by atoms with E-state index >= 15 is 0 Å². The lowest BCUT2D eigenvalue weighted by Gasteiger charge is -2.46. The Bertz CT molecular complexity index is 1130. The molecule has 11 heteroatoms. The van der Waals surface area contributed by atoms with Crippen LogP contribution in [-0.4, -0.2) is 55.8 Å². The zero-order valence-corrected chi connectivity index (χ0v) is 17.2. The number of nitrogens with one attached hydrogen (secondary N) is 1. The van der Waals surface area contributed by atoms with E-state index in [0.717, 1.165) is 11.8 Å². The van der Waals surface area contributed by atoms with Crippen LogP contribution >= 0.6 is 0 Å². The first-order chi connectivity index (χ1) is 14.2. The van der Waals surface area contributed by atoms with E-state index in [1.54, 1.807) is 6.92 Å². The summed E-state index contributed by atoms with van der Waals surface area (Å²) >= 11 is 0. The van der Waals surface area contributed by atoms with Crippen molar-refractivity contribution in [3.63, 3.8) is 0 Å². The number of fused-ring (bicyclic) bond motifs is 1. The molecule has 2 aliphatic rings. The largest absolute Gasteiger partial charge is 0.371 e. The first-order valence-corrected chi connectivity index (χ1v) is 11.2. The summed E-state index contributed by atoms with van der Waals surface area (Å²) in [5, 5.41) is 0. The normalized spacial score (nSPS) is 29.3. The van der Waals surface area contributed by atoms with E-state index < -0.39 is 52.0 Å². The molecule has 5 unspecified atom stereocenters. The molecule has 1 aromatic heterocycles. The summed E-state index contributed by atoms with van der Waals surface area (Å²) in [5.74, 6) is 0. The minimum Gasteiger partial charge on any atom is -0.371 e. The fourth-order valence-electron chi connectivity index (χ4n) is 3.69. The smallest absolute Gasteiger partial charge is 0.328 e. The van der Waals surface area contributed by atoms with Gasteiger partial charge in [0.1, 0.15) is 18.3 Å². The van der Waals surface area contributed by atoms with E-state index in [9.17, 15) is 18.0 Å². The zero-order valence-electron chi connectivity index (χ0n) is 16.4. The summed E-state index contributed by atoms with van der Waals surface area (Å²) < 4.78 is 48.3. The number of aromatic nitrogens is 2. The topological polar surface area (TPSA) is 126 Å². The van der Waals surface area contributed by atoms with Crippen molar-refractivity contribution in [3.8, 4) is 0 Å². The molecule has 2 saturated heterocycles. The van der Waals surface area contributed by atoms with Gasteiger partial charge in [-0.25, -0.2) is 4.79 Å². The van der Waals surface area contributed by atoms with Crippen LogP contribution in [0.1, 0.15) is 23.5 Å². The van der Waals surface area contributed by atoms with E-state index in [0.29, 0.717) is 5.56 Å². The third kappa shape index (κ3) is 4.25. The Morgan fingerprint density at radius 2 is 1.87 bits per heavy atom. The van der Waals surface area contributed by atoms with E-state index in [1.165, 1.54) is 10.8 Å². The number of aromatic amines is 1. The van der Waals surface area contributed by atoms with E-state index in [4.69, 9.17) is 18.4 Å². The van der Waals surface area contributed by atoms with Crippen LogP contribution in [0.15, 0.2) is 46.1 Å². The van der Waals surface area contributed by atoms with E-state index in [2.05, 4.69) is 4.98 Å². The van der Waals surface area contributed by atoms with Gasteiger partial charge in [-0.3, -0.25) is 18.5 Å². The maximum Gasteiger partial charge on any atom is 0.328 e. The summed E-state index contributed by atoms with van der Waals surface area (Å²) in [6.07, 6.45) is -0.901. The van der Waals surface area contributed by atoms with Crippen molar-refractivity contribution in [2.45, 2.75) is 37.6 Å². The quantitative estimate of drug-likeness (QED) is 0.673. The van der Waals surface area contributed by atoms with E-state index in [1.807, 2.05) is 30.3 Å². The monoisotopic (exact) mass is 438 g/mol. The molecule has 10 nitrogen and oxygen atoms in total. The maximum atomic E-state index is 12.4. The van der Waals surface area contributed by atoms with Crippen LogP contribution in [0.2, 0.25) is 0 Å². The van der Waals surface area contributed by atoms with Crippen molar-refractivity contribution in [2.75, 3.05) is 19.5 Å². The summed E-state index contributed by atoms with van der Waals surface area (Å²) in [7, 11) is -3.89. The summed E-state index contributed by atoms with van der Waals surface area (Å²) in [5.41, 5.74) is -0.151. The van der Waals surface area contributed by atoms with Gasteiger partial charge in [0.05, 0.1) is 25.5 Å². The molecule has 162 valence electrons. The molecule has 5 atom stereocenters. The Balaban J connectivity index is 1.71. The molecule has 30 heavy (non-hydrogen) atoms. The Labute approximate surface area is 172 Å². The number of nitrogens with zero attached hydrogens (tertiary/aromatic N) is 1. The van der Waals surface area contributed by atoms with Gasteiger partial charge in [-0.1, -0.05) is 30.3 Å². The van der Waals surface area contributed by atoms with Crippen LogP contribution in [0.3, 0.4) is 0 Å². The third-order valence-electron chi connectivity index (χ3n) is 5.10. The Morgan fingerprint density at radius 1 is 1.13 bits per heavy atom. The highest BCUT2D eigenvalue weighted by atomic mass is 32.2. The van der Waals surface area contributed by atoms with E-state index in [-0.39, 0.29) is 13.2 Å². The summed E-state index contributed by atoms with van der Waals surface area (Å²) in [4.78, 5) is 26.4. The molecule has 1 N–H and O–H groups in total. The molecular formula is C19H22N2O8S. The number of aryl methyl sites for hydroxylation is 1. The second-order valence-corrected chi connectivity index (χ2v) is 8.96. The molecule has 0 saturated carbocycles. The minimum absolute atomic E-state index is 0.0184. The highest BCUT2D eigenvalue weighted by molar-refractivity contribution is 7.86. The molecule has 3 heterocycles. The second kappa shape index (κ2) is 8.08. The molecule has 0 amide bonds. The lowest BCUT2D eigenvalue weighted by molar-refractivity contribution is -0.303. The van der Waals surface area contributed by atoms with Crippen LogP contribution in [0.4, 0.5) is 0 Å². The molecule has 0 aliphatic carbocycles. The van der Waals surface area contributed by atoms with Gasteiger partial charge in [-0.15, -0.1) is 0 Å². The summed E-state index contributed by atoms with van der Waals surface area (Å²) in [6.45, 7) is 1.69. The van der Waals surface area contributed by atoms with Gasteiger partial charge in [0, 0.05) is 17.3 Å². The Kier molecular flexibility index (Phi) is 5.64. The number of ether oxygens (including phenoxy) is 3. The third-order valence-corrected chi connectivity index (χ3v) is 5.68. The second-order valence-electron chi connectivity index (χ2n) is 7.36. The predicted octanol–water partition coefficient (Wildman–Crippen LogP) is 0.244. The first kappa shape index (κ1) is 20.9. The van der Waals surface area contributed by atoms with Crippen molar-refractivity contribution in [3.05, 3.63) is 68.5 Å². The molecule has 0 radical (unpaired) electrons. The number of hydrogen-bond acceptors (Lipinski definition) is 8. The van der Waals surface area contributed by atoms with Crippen LogP contribution in [0.25, 0.3) is 0 Å². The number of rotatable bonds is 4. The predicted molar refractivity (Wildman–Crippen MR) is 105 cm³/mol. The average Bonchev–Trinajstić information content (AvgIpc) is 2.70. The zero-order chi connectivity index (χ0) is 21.5. The molecule has 0 spiro atoms. The number of hydrogen-bond donors (Lipinski definition) is 1. The summed E-state index contributed by atoms with van der Waals surface area (Å²) in [6, 6.07) is 8.35.